The first-order chi connectivity index (χ1) is 8.90. The average Bonchev–Trinajstić information content (AvgIpc) is 2.34. The van der Waals surface area contributed by atoms with Gasteiger partial charge in [-0.1, -0.05) is 17.7 Å². The third-order valence-electron chi connectivity index (χ3n) is 2.81. The van der Waals surface area contributed by atoms with E-state index in [1.807, 2.05) is 0 Å². The maximum atomic E-state index is 12.0. The Labute approximate surface area is 117 Å². The van der Waals surface area contributed by atoms with Gasteiger partial charge in [-0.05, 0) is 32.2 Å². The summed E-state index contributed by atoms with van der Waals surface area (Å²) in [6.07, 6.45) is 0.00524. The SMILES string of the molecule is CC(C(=O)Nc1cccc(Cl)c1)N(C)CCC(=O)O. The molecule has 0 aromatic heterocycles. The lowest BCUT2D eigenvalue weighted by Crippen LogP contribution is -2.40. The molecular weight excluding hydrogens is 268 g/mol. The summed E-state index contributed by atoms with van der Waals surface area (Å²) in [6.45, 7) is 2.04. The van der Waals surface area contributed by atoms with E-state index in [9.17, 15) is 9.59 Å². The topological polar surface area (TPSA) is 69.6 Å². The Morgan fingerprint density at radius 1 is 1.47 bits per heavy atom. The fourth-order valence-corrected chi connectivity index (χ4v) is 1.67. The molecule has 1 amide bonds. The predicted molar refractivity (Wildman–Crippen MR) is 74.4 cm³/mol. The highest BCUT2D eigenvalue weighted by Crippen LogP contribution is 2.15. The minimum atomic E-state index is -0.880. The van der Waals surface area contributed by atoms with E-state index in [1.165, 1.54) is 0 Å². The van der Waals surface area contributed by atoms with E-state index >= 15 is 0 Å². The Morgan fingerprint density at radius 3 is 2.74 bits per heavy atom. The fraction of sp³-hybridized carbons (Fsp3) is 0.385. The number of nitrogens with one attached hydrogen (secondary N) is 1. The number of carboxylic acid groups (broad SMARTS) is 1. The van der Waals surface area contributed by atoms with Crippen molar-refractivity contribution in [3.05, 3.63) is 29.3 Å². The lowest BCUT2D eigenvalue weighted by molar-refractivity contribution is -0.137. The van der Waals surface area contributed by atoms with Crippen LogP contribution in [-0.4, -0.2) is 41.5 Å². The lowest BCUT2D eigenvalue weighted by Gasteiger charge is -2.23. The fourth-order valence-electron chi connectivity index (χ4n) is 1.48. The van der Waals surface area contributed by atoms with E-state index in [0.717, 1.165) is 0 Å². The van der Waals surface area contributed by atoms with Crippen molar-refractivity contribution in [1.82, 2.24) is 4.90 Å². The van der Waals surface area contributed by atoms with Crippen LogP contribution in [0.3, 0.4) is 0 Å². The van der Waals surface area contributed by atoms with Gasteiger partial charge in [-0.2, -0.15) is 0 Å². The normalized spacial score (nSPS) is 12.2. The van der Waals surface area contributed by atoms with Gasteiger partial charge >= 0.3 is 5.97 Å². The number of hydrogen-bond acceptors (Lipinski definition) is 3. The van der Waals surface area contributed by atoms with E-state index in [-0.39, 0.29) is 12.3 Å². The largest absolute Gasteiger partial charge is 0.481 e. The Hall–Kier alpha value is -1.59. The van der Waals surface area contributed by atoms with Gasteiger partial charge in [0.05, 0.1) is 12.5 Å². The highest BCUT2D eigenvalue weighted by atomic mass is 35.5. The number of hydrogen-bond donors (Lipinski definition) is 2. The van der Waals surface area contributed by atoms with Crippen LogP contribution in [0.25, 0.3) is 0 Å². The zero-order valence-corrected chi connectivity index (χ0v) is 11.6. The number of carboxylic acids is 1. The van der Waals surface area contributed by atoms with Crippen molar-refractivity contribution in [3.8, 4) is 0 Å². The van der Waals surface area contributed by atoms with E-state index < -0.39 is 12.0 Å². The molecule has 19 heavy (non-hydrogen) atoms. The van der Waals surface area contributed by atoms with Gasteiger partial charge in [-0.15, -0.1) is 0 Å². The van der Waals surface area contributed by atoms with Gasteiger partial charge in [0.15, 0.2) is 0 Å². The smallest absolute Gasteiger partial charge is 0.304 e. The van der Waals surface area contributed by atoms with Crippen LogP contribution >= 0.6 is 11.6 Å². The molecule has 2 N–H and O–H groups in total. The van der Waals surface area contributed by atoms with Crippen LogP contribution in [0.1, 0.15) is 13.3 Å². The van der Waals surface area contributed by atoms with Gasteiger partial charge in [0.2, 0.25) is 5.91 Å². The summed E-state index contributed by atoms with van der Waals surface area (Å²) in [6, 6.07) is 6.45. The minimum absolute atomic E-state index is 0.00524. The number of nitrogens with zero attached hydrogens (tertiary/aromatic N) is 1. The Balaban J connectivity index is 2.54. The van der Waals surface area contributed by atoms with Gasteiger partial charge in [-0.3, -0.25) is 14.5 Å². The number of rotatable bonds is 6. The van der Waals surface area contributed by atoms with Gasteiger partial charge in [0.1, 0.15) is 0 Å². The maximum absolute atomic E-state index is 12.0. The molecule has 1 aromatic rings. The Kier molecular flexibility index (Phi) is 5.79. The first kappa shape index (κ1) is 15.5. The first-order valence-electron chi connectivity index (χ1n) is 5.88. The number of carbonyl (C=O) groups excluding carboxylic acids is 1. The van der Waals surface area contributed by atoms with Crippen molar-refractivity contribution in [2.75, 3.05) is 18.9 Å². The van der Waals surface area contributed by atoms with Crippen LogP contribution < -0.4 is 5.32 Å². The second kappa shape index (κ2) is 7.11. The molecule has 0 saturated heterocycles. The maximum Gasteiger partial charge on any atom is 0.304 e. The van der Waals surface area contributed by atoms with Crippen LogP contribution in [0, 0.1) is 0 Å². The quantitative estimate of drug-likeness (QED) is 0.839. The van der Waals surface area contributed by atoms with Crippen LogP contribution in [0.2, 0.25) is 5.02 Å². The van der Waals surface area contributed by atoms with Crippen molar-refractivity contribution < 1.29 is 14.7 Å². The summed E-state index contributed by atoms with van der Waals surface area (Å²) in [7, 11) is 1.71. The predicted octanol–water partition coefficient (Wildman–Crippen LogP) is 2.07. The lowest BCUT2D eigenvalue weighted by atomic mass is 10.2. The van der Waals surface area contributed by atoms with E-state index in [0.29, 0.717) is 17.3 Å². The van der Waals surface area contributed by atoms with Crippen molar-refractivity contribution in [2.45, 2.75) is 19.4 Å². The van der Waals surface area contributed by atoms with Gasteiger partial charge in [-0.25, -0.2) is 0 Å². The van der Waals surface area contributed by atoms with Crippen LogP contribution in [0.4, 0.5) is 5.69 Å². The second-order valence-corrected chi connectivity index (χ2v) is 4.74. The van der Waals surface area contributed by atoms with Gasteiger partial charge < -0.3 is 10.4 Å². The summed E-state index contributed by atoms with van der Waals surface area (Å²) in [4.78, 5) is 24.1. The van der Waals surface area contributed by atoms with Crippen LogP contribution in [-0.2, 0) is 9.59 Å². The summed E-state index contributed by atoms with van der Waals surface area (Å²) in [5.74, 6) is -1.08. The molecule has 0 fully saturated rings. The van der Waals surface area contributed by atoms with Crippen molar-refractivity contribution in [3.63, 3.8) is 0 Å². The second-order valence-electron chi connectivity index (χ2n) is 4.30. The summed E-state index contributed by atoms with van der Waals surface area (Å²) in [5.41, 5.74) is 0.621. The number of anilines is 1. The molecule has 0 saturated carbocycles. The molecule has 0 aliphatic heterocycles. The van der Waals surface area contributed by atoms with Gasteiger partial charge in [0, 0.05) is 17.3 Å². The highest BCUT2D eigenvalue weighted by molar-refractivity contribution is 6.30. The molecule has 0 radical (unpaired) electrons. The monoisotopic (exact) mass is 284 g/mol. The van der Waals surface area contributed by atoms with E-state index in [4.69, 9.17) is 16.7 Å². The van der Waals surface area contributed by atoms with Crippen molar-refractivity contribution >= 4 is 29.2 Å². The molecule has 0 aliphatic rings. The molecule has 5 nitrogen and oxygen atoms in total. The Morgan fingerprint density at radius 2 is 2.16 bits per heavy atom. The standard InChI is InChI=1S/C13H17ClN2O3/c1-9(16(2)7-6-12(17)18)13(19)15-11-5-3-4-10(14)8-11/h3-5,8-9H,6-7H2,1-2H3,(H,15,19)(H,17,18). The first-order valence-corrected chi connectivity index (χ1v) is 6.26. The molecule has 1 unspecified atom stereocenters. The molecule has 1 aromatic carbocycles. The zero-order chi connectivity index (χ0) is 14.4. The van der Waals surface area contributed by atoms with Crippen LogP contribution in [0.5, 0.6) is 0 Å². The minimum Gasteiger partial charge on any atom is -0.481 e. The molecule has 0 bridgehead atoms. The molecule has 1 rings (SSSR count). The van der Waals surface area contributed by atoms with E-state index in [2.05, 4.69) is 5.32 Å². The molecule has 1 atom stereocenters. The molecule has 0 aliphatic carbocycles. The van der Waals surface area contributed by atoms with E-state index in [1.54, 1.807) is 43.1 Å². The number of carbonyl (C=O) groups is 2. The zero-order valence-electron chi connectivity index (χ0n) is 10.9. The Bertz CT molecular complexity index is 465. The van der Waals surface area contributed by atoms with Crippen LogP contribution in [0.15, 0.2) is 24.3 Å². The number of aliphatic carboxylic acids is 1. The molecule has 0 spiro atoms. The number of halogens is 1. The number of amides is 1. The number of likely N-dealkylation sites (N-methyl/N-ethyl adjacent to an activating group) is 1. The third kappa shape index (κ3) is 5.28. The van der Waals surface area contributed by atoms with Crippen molar-refractivity contribution in [1.29, 1.82) is 0 Å². The number of benzene rings is 1. The summed E-state index contributed by atoms with van der Waals surface area (Å²) >= 11 is 5.83. The molecule has 6 heteroatoms. The van der Waals surface area contributed by atoms with Gasteiger partial charge in [0.25, 0.3) is 0 Å². The molecule has 0 heterocycles. The summed E-state index contributed by atoms with van der Waals surface area (Å²) < 4.78 is 0. The highest BCUT2D eigenvalue weighted by Gasteiger charge is 2.18. The van der Waals surface area contributed by atoms with Crippen molar-refractivity contribution in [2.24, 2.45) is 0 Å². The average molecular weight is 285 g/mol. The third-order valence-corrected chi connectivity index (χ3v) is 3.05. The summed E-state index contributed by atoms with van der Waals surface area (Å²) in [5, 5.41) is 11.9. The molecular formula is C13H17ClN2O3. The molecule has 104 valence electrons.